The number of likely N-dealkylation sites (tertiary alicyclic amines) is 1. The Morgan fingerprint density at radius 1 is 1.59 bits per heavy atom. The Kier molecular flexibility index (Phi) is 5.92. The molecule has 100 valence electrons. The maximum Gasteiger partial charge on any atom is 0.309 e. The molecule has 1 aliphatic heterocycles. The fraction of sp³-hybridized carbons (Fsp3) is 0.923. The van der Waals surface area contributed by atoms with Crippen LogP contribution in [0.15, 0.2) is 0 Å². The Morgan fingerprint density at radius 3 is 2.88 bits per heavy atom. The second-order valence-electron chi connectivity index (χ2n) is 5.07. The molecule has 1 heterocycles. The van der Waals surface area contributed by atoms with Gasteiger partial charge in [-0.25, -0.2) is 0 Å². The van der Waals surface area contributed by atoms with Gasteiger partial charge in [-0.2, -0.15) is 0 Å². The van der Waals surface area contributed by atoms with E-state index < -0.39 is 0 Å². The third-order valence-corrected chi connectivity index (χ3v) is 3.67. The zero-order chi connectivity index (χ0) is 12.8. The number of piperidine rings is 1. The van der Waals surface area contributed by atoms with Gasteiger partial charge in [0.05, 0.1) is 12.5 Å². The fourth-order valence-corrected chi connectivity index (χ4v) is 2.65. The second-order valence-corrected chi connectivity index (χ2v) is 5.07. The van der Waals surface area contributed by atoms with Crippen LogP contribution in [0, 0.1) is 11.8 Å². The fourth-order valence-electron chi connectivity index (χ4n) is 2.65. The van der Waals surface area contributed by atoms with E-state index in [1.807, 2.05) is 13.8 Å². The monoisotopic (exact) mass is 242 g/mol. The lowest BCUT2D eigenvalue weighted by atomic mass is 9.90. The summed E-state index contributed by atoms with van der Waals surface area (Å²) in [5.74, 6) is 0.471. The Bertz CT molecular complexity index is 246. The topological polar surface area (TPSA) is 55.6 Å². The number of rotatable bonds is 5. The third kappa shape index (κ3) is 3.96. The van der Waals surface area contributed by atoms with Crippen molar-refractivity contribution in [3.05, 3.63) is 0 Å². The van der Waals surface area contributed by atoms with Gasteiger partial charge in [0.15, 0.2) is 0 Å². The van der Waals surface area contributed by atoms with Gasteiger partial charge in [-0.1, -0.05) is 13.8 Å². The Labute approximate surface area is 104 Å². The van der Waals surface area contributed by atoms with Crippen LogP contribution >= 0.6 is 0 Å². The Hall–Kier alpha value is -0.610. The van der Waals surface area contributed by atoms with E-state index in [-0.39, 0.29) is 11.9 Å². The standard InChI is InChI=1S/C13H26N2O2/c1-4-17-13(16)11(3)9-15-7-5-6-10(2)12(15)8-14/h10-12H,4-9,14H2,1-3H3. The van der Waals surface area contributed by atoms with E-state index in [9.17, 15) is 4.79 Å². The van der Waals surface area contributed by atoms with Gasteiger partial charge in [0.1, 0.15) is 0 Å². The summed E-state index contributed by atoms with van der Waals surface area (Å²) < 4.78 is 5.04. The average Bonchev–Trinajstić information content (AvgIpc) is 2.29. The van der Waals surface area contributed by atoms with Crippen LogP contribution in [0.5, 0.6) is 0 Å². The van der Waals surface area contributed by atoms with Gasteiger partial charge in [0, 0.05) is 19.1 Å². The molecule has 17 heavy (non-hydrogen) atoms. The molecule has 1 saturated heterocycles. The predicted octanol–water partition coefficient (Wildman–Crippen LogP) is 1.24. The van der Waals surface area contributed by atoms with Gasteiger partial charge in [0.2, 0.25) is 0 Å². The molecular formula is C13H26N2O2. The van der Waals surface area contributed by atoms with Crippen molar-refractivity contribution in [2.75, 3.05) is 26.2 Å². The van der Waals surface area contributed by atoms with E-state index in [2.05, 4.69) is 11.8 Å². The molecule has 0 saturated carbocycles. The van der Waals surface area contributed by atoms with Crippen molar-refractivity contribution >= 4 is 5.97 Å². The minimum Gasteiger partial charge on any atom is -0.466 e. The van der Waals surface area contributed by atoms with E-state index in [1.54, 1.807) is 0 Å². The Morgan fingerprint density at radius 2 is 2.29 bits per heavy atom. The van der Waals surface area contributed by atoms with Gasteiger partial charge >= 0.3 is 5.97 Å². The van der Waals surface area contributed by atoms with Crippen LogP contribution in [0.25, 0.3) is 0 Å². The smallest absolute Gasteiger partial charge is 0.309 e. The van der Waals surface area contributed by atoms with Crippen molar-refractivity contribution in [1.82, 2.24) is 4.90 Å². The van der Waals surface area contributed by atoms with Crippen molar-refractivity contribution in [2.24, 2.45) is 17.6 Å². The molecule has 3 unspecified atom stereocenters. The molecule has 0 amide bonds. The molecule has 0 spiro atoms. The highest BCUT2D eigenvalue weighted by molar-refractivity contribution is 5.72. The molecule has 1 fully saturated rings. The molecule has 3 atom stereocenters. The first-order valence-electron chi connectivity index (χ1n) is 6.70. The zero-order valence-corrected chi connectivity index (χ0v) is 11.3. The molecule has 4 heteroatoms. The number of carbonyl (C=O) groups is 1. The van der Waals surface area contributed by atoms with Gasteiger partial charge in [0.25, 0.3) is 0 Å². The summed E-state index contributed by atoms with van der Waals surface area (Å²) in [5.41, 5.74) is 5.84. The van der Waals surface area contributed by atoms with Crippen molar-refractivity contribution in [1.29, 1.82) is 0 Å². The maximum atomic E-state index is 11.6. The maximum absolute atomic E-state index is 11.6. The van der Waals surface area contributed by atoms with Crippen molar-refractivity contribution < 1.29 is 9.53 Å². The minimum atomic E-state index is -0.0958. The quantitative estimate of drug-likeness (QED) is 0.737. The van der Waals surface area contributed by atoms with Crippen molar-refractivity contribution in [2.45, 2.75) is 39.7 Å². The summed E-state index contributed by atoms with van der Waals surface area (Å²) in [7, 11) is 0. The summed E-state index contributed by atoms with van der Waals surface area (Å²) in [6.45, 7) is 8.98. The van der Waals surface area contributed by atoms with E-state index in [0.717, 1.165) is 13.1 Å². The molecule has 0 bridgehead atoms. The molecule has 1 aliphatic rings. The number of carbonyl (C=O) groups excluding carboxylic acids is 1. The largest absolute Gasteiger partial charge is 0.466 e. The van der Waals surface area contributed by atoms with Crippen LogP contribution in [0.4, 0.5) is 0 Å². The summed E-state index contributed by atoms with van der Waals surface area (Å²) in [5, 5.41) is 0. The number of hydrogen-bond donors (Lipinski definition) is 1. The zero-order valence-electron chi connectivity index (χ0n) is 11.3. The number of nitrogens with zero attached hydrogens (tertiary/aromatic N) is 1. The SMILES string of the molecule is CCOC(=O)C(C)CN1CCCC(C)C1CN. The highest BCUT2D eigenvalue weighted by Gasteiger charge is 2.29. The number of ether oxygens (including phenoxy) is 1. The summed E-state index contributed by atoms with van der Waals surface area (Å²) >= 11 is 0. The summed E-state index contributed by atoms with van der Waals surface area (Å²) in [6, 6.07) is 0.417. The number of hydrogen-bond acceptors (Lipinski definition) is 4. The molecular weight excluding hydrogens is 216 g/mol. The first kappa shape index (κ1) is 14.5. The van der Waals surface area contributed by atoms with E-state index in [1.165, 1.54) is 12.8 Å². The van der Waals surface area contributed by atoms with E-state index in [0.29, 0.717) is 25.1 Å². The van der Waals surface area contributed by atoms with Crippen LogP contribution in [0.3, 0.4) is 0 Å². The van der Waals surface area contributed by atoms with Gasteiger partial charge < -0.3 is 10.5 Å². The number of esters is 1. The third-order valence-electron chi connectivity index (χ3n) is 3.67. The van der Waals surface area contributed by atoms with Crippen LogP contribution in [-0.4, -0.2) is 43.2 Å². The predicted molar refractivity (Wildman–Crippen MR) is 68.6 cm³/mol. The second kappa shape index (κ2) is 6.97. The average molecular weight is 242 g/mol. The van der Waals surface area contributed by atoms with E-state index >= 15 is 0 Å². The lowest BCUT2D eigenvalue weighted by Crippen LogP contribution is -2.50. The molecule has 2 N–H and O–H groups in total. The lowest BCUT2D eigenvalue weighted by molar-refractivity contribution is -0.148. The minimum absolute atomic E-state index is 0.0608. The molecule has 4 nitrogen and oxygen atoms in total. The molecule has 0 radical (unpaired) electrons. The van der Waals surface area contributed by atoms with Crippen LogP contribution in [0.1, 0.15) is 33.6 Å². The van der Waals surface area contributed by atoms with Gasteiger partial charge in [-0.15, -0.1) is 0 Å². The highest BCUT2D eigenvalue weighted by atomic mass is 16.5. The van der Waals surface area contributed by atoms with E-state index in [4.69, 9.17) is 10.5 Å². The summed E-state index contributed by atoms with van der Waals surface area (Å²) in [6.07, 6.45) is 2.44. The lowest BCUT2D eigenvalue weighted by Gasteiger charge is -2.40. The molecule has 0 aromatic heterocycles. The van der Waals surface area contributed by atoms with Crippen LogP contribution in [0.2, 0.25) is 0 Å². The Balaban J connectivity index is 2.50. The first-order chi connectivity index (χ1) is 8.10. The number of nitrogens with two attached hydrogens (primary N) is 1. The molecule has 0 aromatic rings. The summed E-state index contributed by atoms with van der Waals surface area (Å²) in [4.78, 5) is 14.0. The normalized spacial score (nSPS) is 27.8. The highest BCUT2D eigenvalue weighted by Crippen LogP contribution is 2.23. The van der Waals surface area contributed by atoms with Gasteiger partial charge in [-0.05, 0) is 32.2 Å². The van der Waals surface area contributed by atoms with Crippen LogP contribution < -0.4 is 5.73 Å². The first-order valence-corrected chi connectivity index (χ1v) is 6.70. The van der Waals surface area contributed by atoms with Crippen LogP contribution in [-0.2, 0) is 9.53 Å². The molecule has 1 rings (SSSR count). The van der Waals surface area contributed by atoms with Gasteiger partial charge in [-0.3, -0.25) is 9.69 Å². The molecule has 0 aromatic carbocycles. The van der Waals surface area contributed by atoms with Crippen molar-refractivity contribution in [3.8, 4) is 0 Å². The van der Waals surface area contributed by atoms with Crippen molar-refractivity contribution in [3.63, 3.8) is 0 Å². The molecule has 0 aliphatic carbocycles.